The van der Waals surface area contributed by atoms with Crippen molar-refractivity contribution in [2.45, 2.75) is 32.9 Å². The Hall–Kier alpha value is -2.18. The van der Waals surface area contributed by atoms with Crippen LogP contribution in [0.4, 0.5) is 0 Å². The Balaban J connectivity index is 1.82. The molecule has 1 fully saturated rings. The Morgan fingerprint density at radius 1 is 1.14 bits per heavy atom. The van der Waals surface area contributed by atoms with Crippen LogP contribution in [0.15, 0.2) is 59.2 Å². The zero-order valence-electron chi connectivity index (χ0n) is 16.2. The highest BCUT2D eigenvalue weighted by molar-refractivity contribution is 9.10. The van der Waals surface area contributed by atoms with Crippen molar-refractivity contribution in [2.75, 3.05) is 6.54 Å². The number of nitrogens with zero attached hydrogens (tertiary/aromatic N) is 3. The molecule has 28 heavy (non-hydrogen) atoms. The molecular weight excluding hydrogens is 432 g/mol. The second-order valence-corrected chi connectivity index (χ2v) is 8.35. The highest BCUT2D eigenvalue weighted by Gasteiger charge is 2.40. The number of likely N-dealkylation sites (N-methyl/N-ethyl adjacent to an activating group) is 1. The Morgan fingerprint density at radius 3 is 2.54 bits per heavy atom. The molecule has 0 saturated carbocycles. The van der Waals surface area contributed by atoms with Gasteiger partial charge < -0.3 is 14.8 Å². The van der Waals surface area contributed by atoms with E-state index in [1.807, 2.05) is 18.3 Å². The fourth-order valence-electron chi connectivity index (χ4n) is 4.16. The van der Waals surface area contributed by atoms with Gasteiger partial charge >= 0.3 is 0 Å². The lowest BCUT2D eigenvalue weighted by atomic mass is 9.97. The molecule has 0 amide bonds. The van der Waals surface area contributed by atoms with Crippen molar-refractivity contribution in [2.24, 2.45) is 0 Å². The fraction of sp³-hybridized carbons (Fsp3) is 0.273. The lowest BCUT2D eigenvalue weighted by Gasteiger charge is -2.27. The second-order valence-electron chi connectivity index (χ2n) is 7.05. The van der Waals surface area contributed by atoms with Crippen molar-refractivity contribution in [3.05, 3.63) is 81.8 Å². The van der Waals surface area contributed by atoms with Crippen LogP contribution in [-0.4, -0.2) is 26.1 Å². The Labute approximate surface area is 179 Å². The molecule has 2 aromatic heterocycles. The minimum absolute atomic E-state index is 0.0347. The molecule has 4 rings (SSSR count). The fourth-order valence-corrected chi connectivity index (χ4v) is 4.79. The van der Waals surface area contributed by atoms with Gasteiger partial charge in [-0.05, 0) is 81.0 Å². The molecule has 0 radical (unpaired) electrons. The van der Waals surface area contributed by atoms with Crippen LogP contribution in [0.1, 0.15) is 41.7 Å². The van der Waals surface area contributed by atoms with Crippen molar-refractivity contribution < 1.29 is 0 Å². The maximum absolute atomic E-state index is 5.66. The number of rotatable bonds is 4. The summed E-state index contributed by atoms with van der Waals surface area (Å²) in [5.41, 5.74) is 5.90. The second kappa shape index (κ2) is 7.68. The van der Waals surface area contributed by atoms with Crippen LogP contribution in [0.2, 0.25) is 0 Å². The van der Waals surface area contributed by atoms with Crippen LogP contribution in [0.5, 0.6) is 0 Å². The molecule has 1 aliphatic rings. The summed E-state index contributed by atoms with van der Waals surface area (Å²) < 4.78 is 3.39. The van der Waals surface area contributed by atoms with Gasteiger partial charge in [0.2, 0.25) is 0 Å². The largest absolute Gasteiger partial charge is 0.352 e. The topological polar surface area (TPSA) is 33.1 Å². The van der Waals surface area contributed by atoms with E-state index in [1.165, 1.54) is 17.0 Å². The van der Waals surface area contributed by atoms with Crippen LogP contribution in [0.3, 0.4) is 0 Å². The highest BCUT2D eigenvalue weighted by Crippen LogP contribution is 2.41. The number of benzene rings is 1. The summed E-state index contributed by atoms with van der Waals surface area (Å²) in [5, 5.41) is 4.29. The van der Waals surface area contributed by atoms with Gasteiger partial charge in [-0.3, -0.25) is 4.98 Å². The quantitative estimate of drug-likeness (QED) is 0.546. The van der Waals surface area contributed by atoms with E-state index in [9.17, 15) is 0 Å². The van der Waals surface area contributed by atoms with Gasteiger partial charge in [0.15, 0.2) is 5.11 Å². The number of hydrogen-bond donors (Lipinski definition) is 1. The third-order valence-corrected chi connectivity index (χ3v) is 6.29. The molecule has 0 bridgehead atoms. The molecule has 3 aromatic rings. The van der Waals surface area contributed by atoms with Crippen LogP contribution in [0.25, 0.3) is 5.69 Å². The van der Waals surface area contributed by atoms with E-state index in [1.54, 1.807) is 0 Å². The molecule has 144 valence electrons. The van der Waals surface area contributed by atoms with E-state index in [4.69, 9.17) is 12.2 Å². The first kappa shape index (κ1) is 19.2. The maximum atomic E-state index is 5.66. The van der Waals surface area contributed by atoms with Gasteiger partial charge in [-0.2, -0.15) is 0 Å². The number of halogens is 1. The molecule has 1 aromatic carbocycles. The van der Waals surface area contributed by atoms with E-state index in [-0.39, 0.29) is 12.1 Å². The van der Waals surface area contributed by atoms with Gasteiger partial charge in [0, 0.05) is 34.3 Å². The minimum atomic E-state index is 0.0347. The minimum Gasteiger partial charge on any atom is -0.352 e. The number of hydrogen-bond acceptors (Lipinski definition) is 2. The predicted molar refractivity (Wildman–Crippen MR) is 121 cm³/mol. The molecule has 3 heterocycles. The van der Waals surface area contributed by atoms with Crippen molar-refractivity contribution in [3.8, 4) is 5.69 Å². The van der Waals surface area contributed by atoms with E-state index in [2.05, 4.69) is 92.9 Å². The van der Waals surface area contributed by atoms with Crippen LogP contribution < -0.4 is 5.32 Å². The number of aryl methyl sites for hydroxylation is 1. The van der Waals surface area contributed by atoms with Crippen LogP contribution in [0, 0.1) is 13.8 Å². The van der Waals surface area contributed by atoms with Crippen molar-refractivity contribution in [3.63, 3.8) is 0 Å². The molecule has 0 aliphatic carbocycles. The average molecular weight is 455 g/mol. The third-order valence-electron chi connectivity index (χ3n) is 5.41. The summed E-state index contributed by atoms with van der Waals surface area (Å²) in [5.74, 6) is 0. The highest BCUT2D eigenvalue weighted by atomic mass is 79.9. The smallest absolute Gasteiger partial charge is 0.170 e. The first-order valence-electron chi connectivity index (χ1n) is 9.44. The molecule has 1 saturated heterocycles. The van der Waals surface area contributed by atoms with Gasteiger partial charge in [0.25, 0.3) is 0 Å². The molecule has 0 unspecified atom stereocenters. The van der Waals surface area contributed by atoms with E-state index < -0.39 is 0 Å². The van der Waals surface area contributed by atoms with Crippen LogP contribution >= 0.6 is 28.1 Å². The summed E-state index contributed by atoms with van der Waals surface area (Å²) in [6.07, 6.45) is 1.84. The zero-order chi connectivity index (χ0) is 19.8. The van der Waals surface area contributed by atoms with Crippen molar-refractivity contribution >= 4 is 33.3 Å². The van der Waals surface area contributed by atoms with E-state index >= 15 is 0 Å². The number of pyridine rings is 1. The molecule has 1 aliphatic heterocycles. The Morgan fingerprint density at radius 2 is 1.89 bits per heavy atom. The maximum Gasteiger partial charge on any atom is 0.170 e. The normalized spacial score (nSPS) is 19.1. The van der Waals surface area contributed by atoms with Gasteiger partial charge in [-0.1, -0.05) is 22.0 Å². The molecule has 2 atom stereocenters. The number of thiocarbonyl (C=S) groups is 1. The standard InChI is InChI=1S/C22H23BrN4S/c1-4-26-21(20(25-22(26)28)19-7-5-6-12-24-19)18-13-14(2)27(15(18)3)17-10-8-16(23)9-11-17/h5-13,20-21H,4H2,1-3H3,(H,25,28)/t20-,21-/m0/s1. The zero-order valence-corrected chi connectivity index (χ0v) is 18.6. The Bertz CT molecular complexity index is 997. The molecular formula is C22H23BrN4S. The molecule has 0 spiro atoms. The number of aromatic nitrogens is 2. The third kappa shape index (κ3) is 3.25. The van der Waals surface area contributed by atoms with Gasteiger partial charge in [-0.15, -0.1) is 0 Å². The van der Waals surface area contributed by atoms with E-state index in [0.29, 0.717) is 0 Å². The average Bonchev–Trinajstić information content (AvgIpc) is 3.18. The van der Waals surface area contributed by atoms with Gasteiger partial charge in [0.1, 0.15) is 0 Å². The molecule has 1 N–H and O–H groups in total. The summed E-state index contributed by atoms with van der Waals surface area (Å²) >= 11 is 9.19. The van der Waals surface area contributed by atoms with Crippen LogP contribution in [-0.2, 0) is 0 Å². The molecule has 6 heteroatoms. The summed E-state index contributed by atoms with van der Waals surface area (Å²) in [6.45, 7) is 7.35. The van der Waals surface area contributed by atoms with Gasteiger partial charge in [-0.25, -0.2) is 0 Å². The summed E-state index contributed by atoms with van der Waals surface area (Å²) in [4.78, 5) is 6.87. The Kier molecular flexibility index (Phi) is 5.25. The SMILES string of the molecule is CCN1C(=S)N[C@@H](c2ccccn2)[C@@H]1c1cc(C)n(-c2ccc(Br)cc2)c1C. The number of nitrogens with one attached hydrogen (secondary N) is 1. The monoisotopic (exact) mass is 454 g/mol. The van der Waals surface area contributed by atoms with E-state index in [0.717, 1.165) is 27.5 Å². The molecule has 4 nitrogen and oxygen atoms in total. The first-order valence-corrected chi connectivity index (χ1v) is 10.6. The lowest BCUT2D eigenvalue weighted by molar-refractivity contribution is 0.329. The van der Waals surface area contributed by atoms with Crippen molar-refractivity contribution in [1.82, 2.24) is 19.8 Å². The first-order chi connectivity index (χ1) is 13.5. The van der Waals surface area contributed by atoms with Crippen molar-refractivity contribution in [1.29, 1.82) is 0 Å². The summed E-state index contributed by atoms with van der Waals surface area (Å²) in [7, 11) is 0. The predicted octanol–water partition coefficient (Wildman–Crippen LogP) is 5.24. The van der Waals surface area contributed by atoms with Gasteiger partial charge in [0.05, 0.1) is 17.8 Å². The lowest BCUT2D eigenvalue weighted by Crippen LogP contribution is -2.29. The summed E-state index contributed by atoms with van der Waals surface area (Å²) in [6, 6.07) is 16.9.